The van der Waals surface area contributed by atoms with Gasteiger partial charge in [0.2, 0.25) is 0 Å². The smallest absolute Gasteiger partial charge is 0.186 e. The van der Waals surface area contributed by atoms with Gasteiger partial charge in [-0.05, 0) is 23.6 Å². The standard InChI is InChI=1S/C29H34O6/c1-2-32-29-26(30)28(34-20-24-16-10-5-11-17-24)27(35-29)25(33-19-23-14-8-4-9-15-23)21-31-18-22-12-6-3-7-13-22/h3-17,25-30H,2,18-21H2,1H3/t25-,26+,27+,28+,29+/m0/s1. The van der Waals surface area contributed by atoms with Gasteiger partial charge in [0.15, 0.2) is 6.29 Å². The highest BCUT2D eigenvalue weighted by atomic mass is 16.7. The van der Waals surface area contributed by atoms with Crippen molar-refractivity contribution >= 4 is 0 Å². The predicted octanol–water partition coefficient (Wildman–Crippen LogP) is 4.50. The van der Waals surface area contributed by atoms with E-state index >= 15 is 0 Å². The van der Waals surface area contributed by atoms with Crippen molar-refractivity contribution in [1.29, 1.82) is 0 Å². The Kier molecular flexibility index (Phi) is 9.84. The van der Waals surface area contributed by atoms with E-state index in [0.29, 0.717) is 26.4 Å². The first kappa shape index (κ1) is 25.5. The van der Waals surface area contributed by atoms with Crippen LogP contribution < -0.4 is 0 Å². The number of hydrogen-bond donors (Lipinski definition) is 1. The van der Waals surface area contributed by atoms with Crippen molar-refractivity contribution in [3.63, 3.8) is 0 Å². The molecule has 3 aromatic carbocycles. The first-order valence-corrected chi connectivity index (χ1v) is 12.1. The molecule has 5 atom stereocenters. The molecule has 6 nitrogen and oxygen atoms in total. The molecule has 1 fully saturated rings. The van der Waals surface area contributed by atoms with Crippen molar-refractivity contribution in [2.75, 3.05) is 13.2 Å². The fraction of sp³-hybridized carbons (Fsp3) is 0.379. The highest BCUT2D eigenvalue weighted by molar-refractivity contribution is 5.15. The summed E-state index contributed by atoms with van der Waals surface area (Å²) in [5, 5.41) is 11.0. The quantitative estimate of drug-likeness (QED) is 0.390. The van der Waals surface area contributed by atoms with Gasteiger partial charge in [0.25, 0.3) is 0 Å². The molecule has 1 aliphatic heterocycles. The van der Waals surface area contributed by atoms with E-state index in [1.807, 2.05) is 97.9 Å². The number of ether oxygens (including phenoxy) is 5. The largest absolute Gasteiger partial charge is 0.385 e. The molecule has 186 valence electrons. The van der Waals surface area contributed by atoms with E-state index < -0.39 is 30.7 Å². The van der Waals surface area contributed by atoms with Gasteiger partial charge in [-0.1, -0.05) is 91.0 Å². The number of aliphatic hydroxyl groups excluding tert-OH is 1. The highest BCUT2D eigenvalue weighted by Gasteiger charge is 2.49. The maximum atomic E-state index is 11.0. The molecule has 0 aromatic heterocycles. The average molecular weight is 479 g/mol. The minimum Gasteiger partial charge on any atom is -0.385 e. The second-order valence-electron chi connectivity index (χ2n) is 8.51. The summed E-state index contributed by atoms with van der Waals surface area (Å²) in [5.41, 5.74) is 3.13. The van der Waals surface area contributed by atoms with Gasteiger partial charge >= 0.3 is 0 Å². The van der Waals surface area contributed by atoms with Gasteiger partial charge in [0.05, 0.1) is 26.4 Å². The van der Waals surface area contributed by atoms with Crippen LogP contribution in [0.15, 0.2) is 91.0 Å². The van der Waals surface area contributed by atoms with Gasteiger partial charge < -0.3 is 28.8 Å². The molecular weight excluding hydrogens is 444 g/mol. The molecule has 35 heavy (non-hydrogen) atoms. The summed E-state index contributed by atoms with van der Waals surface area (Å²) in [5.74, 6) is 0. The van der Waals surface area contributed by atoms with E-state index in [0.717, 1.165) is 16.7 Å². The Morgan fingerprint density at radius 1 is 0.743 bits per heavy atom. The Bertz CT molecular complexity index is 968. The van der Waals surface area contributed by atoms with Crippen molar-refractivity contribution in [1.82, 2.24) is 0 Å². The van der Waals surface area contributed by atoms with E-state index in [1.54, 1.807) is 0 Å². The third-order valence-corrected chi connectivity index (χ3v) is 5.91. The second kappa shape index (κ2) is 13.5. The van der Waals surface area contributed by atoms with Crippen LogP contribution >= 0.6 is 0 Å². The Hall–Kier alpha value is -2.58. The minimum absolute atomic E-state index is 0.281. The topological polar surface area (TPSA) is 66.4 Å². The molecule has 1 N–H and O–H groups in total. The van der Waals surface area contributed by atoms with Gasteiger partial charge in [-0.3, -0.25) is 0 Å². The molecule has 1 heterocycles. The van der Waals surface area contributed by atoms with Crippen LogP contribution in [0.3, 0.4) is 0 Å². The summed E-state index contributed by atoms with van der Waals surface area (Å²) < 4.78 is 30.4. The maximum Gasteiger partial charge on any atom is 0.186 e. The van der Waals surface area contributed by atoms with E-state index in [-0.39, 0.29) is 6.61 Å². The number of aliphatic hydroxyl groups is 1. The number of benzene rings is 3. The average Bonchev–Trinajstić information content (AvgIpc) is 3.21. The lowest BCUT2D eigenvalue weighted by atomic mass is 10.1. The van der Waals surface area contributed by atoms with Crippen LogP contribution in [0.4, 0.5) is 0 Å². The fourth-order valence-corrected chi connectivity index (χ4v) is 4.11. The Morgan fingerprint density at radius 2 is 1.29 bits per heavy atom. The maximum absolute atomic E-state index is 11.0. The molecule has 0 amide bonds. The predicted molar refractivity (Wildman–Crippen MR) is 132 cm³/mol. The lowest BCUT2D eigenvalue weighted by Gasteiger charge is -2.28. The molecule has 1 aliphatic rings. The summed E-state index contributed by atoms with van der Waals surface area (Å²) in [4.78, 5) is 0. The van der Waals surface area contributed by atoms with E-state index in [1.165, 1.54) is 0 Å². The van der Waals surface area contributed by atoms with Gasteiger partial charge in [0.1, 0.15) is 24.4 Å². The normalized spacial score (nSPS) is 22.8. The van der Waals surface area contributed by atoms with Gasteiger partial charge in [-0.2, -0.15) is 0 Å². The zero-order chi connectivity index (χ0) is 24.3. The highest BCUT2D eigenvalue weighted by Crippen LogP contribution is 2.30. The van der Waals surface area contributed by atoms with E-state index in [2.05, 4.69) is 0 Å². The number of rotatable bonds is 13. The second-order valence-corrected chi connectivity index (χ2v) is 8.51. The third-order valence-electron chi connectivity index (χ3n) is 5.91. The van der Waals surface area contributed by atoms with Crippen LogP contribution in [0.25, 0.3) is 0 Å². The van der Waals surface area contributed by atoms with Crippen molar-refractivity contribution in [3.8, 4) is 0 Å². The first-order valence-electron chi connectivity index (χ1n) is 12.1. The summed E-state index contributed by atoms with van der Waals surface area (Å²) in [7, 11) is 0. The molecule has 0 saturated carbocycles. The molecule has 1 saturated heterocycles. The third kappa shape index (κ3) is 7.45. The fourth-order valence-electron chi connectivity index (χ4n) is 4.11. The zero-order valence-corrected chi connectivity index (χ0v) is 20.1. The molecule has 3 aromatic rings. The van der Waals surface area contributed by atoms with Crippen molar-refractivity contribution in [2.45, 2.75) is 57.5 Å². The van der Waals surface area contributed by atoms with E-state index in [9.17, 15) is 5.11 Å². The van der Waals surface area contributed by atoms with Crippen molar-refractivity contribution in [3.05, 3.63) is 108 Å². The van der Waals surface area contributed by atoms with Crippen LogP contribution in [0.2, 0.25) is 0 Å². The van der Waals surface area contributed by atoms with E-state index in [4.69, 9.17) is 23.7 Å². The molecule has 0 aliphatic carbocycles. The van der Waals surface area contributed by atoms with Crippen LogP contribution in [-0.4, -0.2) is 49.0 Å². The summed E-state index contributed by atoms with van der Waals surface area (Å²) in [6, 6.07) is 29.8. The molecule has 6 heteroatoms. The van der Waals surface area contributed by atoms with Crippen molar-refractivity contribution < 1.29 is 28.8 Å². The Balaban J connectivity index is 1.48. The molecule has 0 unspecified atom stereocenters. The SMILES string of the molecule is CCO[C@@H]1O[C@H]([C@H](COCc2ccccc2)OCc2ccccc2)[C@H](OCc2ccccc2)[C@H]1O. The van der Waals surface area contributed by atoms with Crippen LogP contribution in [0.5, 0.6) is 0 Å². The lowest BCUT2D eigenvalue weighted by molar-refractivity contribution is -0.189. The molecule has 0 radical (unpaired) electrons. The first-order chi connectivity index (χ1) is 17.2. The van der Waals surface area contributed by atoms with Crippen LogP contribution in [-0.2, 0) is 43.5 Å². The molecular formula is C29H34O6. The Labute approximate surface area is 207 Å². The van der Waals surface area contributed by atoms with Gasteiger partial charge in [0, 0.05) is 6.61 Å². The minimum atomic E-state index is -0.944. The Morgan fingerprint density at radius 3 is 1.86 bits per heavy atom. The zero-order valence-electron chi connectivity index (χ0n) is 20.1. The molecule has 0 bridgehead atoms. The van der Waals surface area contributed by atoms with Crippen LogP contribution in [0.1, 0.15) is 23.6 Å². The van der Waals surface area contributed by atoms with Crippen LogP contribution in [0, 0.1) is 0 Å². The monoisotopic (exact) mass is 478 g/mol. The molecule has 4 rings (SSSR count). The summed E-state index contributed by atoms with van der Waals surface area (Å²) in [6.07, 6.45) is -3.40. The van der Waals surface area contributed by atoms with Crippen molar-refractivity contribution in [2.24, 2.45) is 0 Å². The lowest BCUT2D eigenvalue weighted by Crippen LogP contribution is -2.44. The van der Waals surface area contributed by atoms with Gasteiger partial charge in [-0.15, -0.1) is 0 Å². The molecule has 0 spiro atoms. The number of hydrogen-bond acceptors (Lipinski definition) is 6. The summed E-state index contributed by atoms with van der Waals surface area (Å²) in [6.45, 7) is 3.75. The van der Waals surface area contributed by atoms with Gasteiger partial charge in [-0.25, -0.2) is 0 Å². The summed E-state index contributed by atoms with van der Waals surface area (Å²) >= 11 is 0.